The molecule has 0 aromatic heterocycles. The van der Waals surface area contributed by atoms with Crippen molar-refractivity contribution >= 4 is 106 Å². The second kappa shape index (κ2) is 29.1. The van der Waals surface area contributed by atoms with Crippen LogP contribution >= 0.6 is 36.7 Å². The first kappa shape index (κ1) is 60.4. The van der Waals surface area contributed by atoms with E-state index in [1.165, 1.54) is 42.5 Å². The van der Waals surface area contributed by atoms with Crippen molar-refractivity contribution in [3.63, 3.8) is 0 Å². The van der Waals surface area contributed by atoms with Crippen LogP contribution in [0.4, 0.5) is 28.4 Å². The number of hydrogen-bond acceptors (Lipinski definition) is 27. The summed E-state index contributed by atoms with van der Waals surface area (Å²) in [5.74, 6) is -1.86. The van der Waals surface area contributed by atoms with Crippen LogP contribution in [0.25, 0.3) is 10.8 Å². The van der Waals surface area contributed by atoms with Crippen molar-refractivity contribution in [1.29, 1.82) is 0 Å². The van der Waals surface area contributed by atoms with Crippen LogP contribution in [0.2, 0.25) is 0 Å². The van der Waals surface area contributed by atoms with Crippen LogP contribution in [-0.4, -0.2) is 59.6 Å². The number of anilines is 1. The van der Waals surface area contributed by atoms with Gasteiger partial charge in [-0.1, -0.05) is 0 Å². The number of benzene rings is 4. The second-order valence-electron chi connectivity index (χ2n) is 10.1. The Balaban J connectivity index is 0.00000870. The maximum Gasteiger partial charge on any atom is 1.00 e. The molecule has 0 heterocycles. The van der Waals surface area contributed by atoms with E-state index >= 15 is 0 Å². The smallest absolute Gasteiger partial charge is 0.744 e. The summed E-state index contributed by atoms with van der Waals surface area (Å²) < 4.78 is 108. The Bertz CT molecular complexity index is 2410. The first-order valence-corrected chi connectivity index (χ1v) is 21.1. The maximum atomic E-state index is 12.7. The summed E-state index contributed by atoms with van der Waals surface area (Å²) in [6.07, 6.45) is 0. The molecule has 0 unspecified atom stereocenters. The standard InChI is InChI=1S/C26H25N5O19S6.4Na/c27-20-7-6-18-19(24(20)30-28-15-1-3-16(4-2-15)54(36,37)11-9-43-52-49-46-34)14-22(51-48-45-33)25(26(18)32)31-29-21-8-5-17(13-23(21)56(40,41)42)55(38,39)12-10-44-53-50-47-35;;;;/h1-8,13-14,32-35H,9-12,27H2,(H,40,41,42);;;;/q;4*+1/p-4. The molecule has 0 bridgehead atoms. The zero-order chi connectivity index (χ0) is 40.9. The Labute approximate surface area is 442 Å². The van der Waals surface area contributed by atoms with Crippen molar-refractivity contribution in [2.75, 3.05) is 30.5 Å². The minimum absolute atomic E-state index is 0. The third-order valence-electron chi connectivity index (χ3n) is 6.75. The molecule has 0 spiro atoms. The summed E-state index contributed by atoms with van der Waals surface area (Å²) in [6, 6.07) is 11.4. The molecule has 0 aliphatic carbocycles. The number of nitrogens with two attached hydrogens (primary N) is 1. The van der Waals surface area contributed by atoms with Gasteiger partial charge in [0.1, 0.15) is 27.2 Å². The number of aromatic hydroxyl groups is 1. The van der Waals surface area contributed by atoms with Crippen molar-refractivity contribution in [1.82, 2.24) is 0 Å². The number of rotatable bonds is 22. The monoisotopic (exact) mass is 991 g/mol. The van der Waals surface area contributed by atoms with E-state index in [0.29, 0.717) is 6.07 Å². The normalized spacial score (nSPS) is 11.9. The molecule has 34 heteroatoms. The zero-order valence-corrected chi connectivity index (χ0v) is 44.1. The molecular weight excluding hydrogens is 971 g/mol. The Morgan fingerprint density at radius 2 is 1.17 bits per heavy atom. The number of azo groups is 2. The van der Waals surface area contributed by atoms with Crippen LogP contribution in [-0.2, 0) is 66.3 Å². The van der Waals surface area contributed by atoms with Crippen LogP contribution in [0.15, 0.2) is 101 Å². The van der Waals surface area contributed by atoms with Gasteiger partial charge in [-0.15, -0.1) is 24.0 Å². The van der Waals surface area contributed by atoms with E-state index in [-0.39, 0.29) is 199 Å². The number of hydrogen-bond donors (Lipinski definition) is 2. The summed E-state index contributed by atoms with van der Waals surface area (Å²) in [6.45, 7) is -0.875. The molecule has 304 valence electrons. The summed E-state index contributed by atoms with van der Waals surface area (Å²) in [4.78, 5) is -2.02. The van der Waals surface area contributed by atoms with E-state index < -0.39 is 74.8 Å². The molecule has 0 saturated heterocycles. The topological polar surface area (TPSA) is 364 Å². The SMILES string of the molecule is Nc1ccc2c(O)c(N=Nc3ccc(S(=O)(=O)CCOSOO[O-])cc3S(=O)(=O)[O-])c(SOO[O-])cc2c1N=Nc1ccc(S(=O)(=O)CCOSOO[O-])cc1.[Na+].[Na+].[Na+].[Na+]. The molecule has 4 aromatic carbocycles. The van der Waals surface area contributed by atoms with Gasteiger partial charge in [-0.05, 0) is 60.7 Å². The Kier molecular flexibility index (Phi) is 29.3. The van der Waals surface area contributed by atoms with Crippen molar-refractivity contribution in [2.45, 2.75) is 19.6 Å². The van der Waals surface area contributed by atoms with Gasteiger partial charge in [0.15, 0.2) is 50.1 Å². The predicted octanol–water partition coefficient (Wildman–Crippen LogP) is -9.74. The van der Waals surface area contributed by atoms with Gasteiger partial charge < -0.3 is 31.2 Å². The van der Waals surface area contributed by atoms with E-state index in [1.54, 1.807) is 0 Å². The summed E-state index contributed by atoms with van der Waals surface area (Å²) in [5, 5.41) is 67.0. The van der Waals surface area contributed by atoms with Crippen molar-refractivity contribution in [2.24, 2.45) is 20.5 Å². The number of nitrogen functional groups attached to an aromatic ring is 1. The Hall–Kier alpha value is 0.360. The number of nitrogens with zero attached hydrogens (tertiary/aromatic N) is 4. The minimum Gasteiger partial charge on any atom is -0.744 e. The molecule has 3 N–H and O–H groups in total. The van der Waals surface area contributed by atoms with E-state index in [0.717, 1.165) is 12.1 Å². The Morgan fingerprint density at radius 1 is 0.633 bits per heavy atom. The van der Waals surface area contributed by atoms with E-state index in [1.807, 2.05) is 0 Å². The molecular formula is C26H21N5Na4O19S6. The molecule has 0 atom stereocenters. The summed E-state index contributed by atoms with van der Waals surface area (Å²) >= 11 is 0.420. The predicted molar refractivity (Wildman–Crippen MR) is 183 cm³/mol. The van der Waals surface area contributed by atoms with Gasteiger partial charge in [0.25, 0.3) is 0 Å². The van der Waals surface area contributed by atoms with Gasteiger partial charge in [0.05, 0.1) is 67.7 Å². The van der Waals surface area contributed by atoms with Crippen LogP contribution in [0.3, 0.4) is 0 Å². The van der Waals surface area contributed by atoms with E-state index in [2.05, 4.69) is 52.8 Å². The van der Waals surface area contributed by atoms with Gasteiger partial charge in [0, 0.05) is 10.8 Å². The zero-order valence-electron chi connectivity index (χ0n) is 31.2. The molecule has 0 aliphatic heterocycles. The van der Waals surface area contributed by atoms with Crippen LogP contribution in [0.5, 0.6) is 5.75 Å². The van der Waals surface area contributed by atoms with Gasteiger partial charge in [-0.2, -0.15) is 9.45 Å². The average molecular weight is 992 g/mol. The quantitative estimate of drug-likeness (QED) is 0.0108. The molecule has 24 nitrogen and oxygen atoms in total. The van der Waals surface area contributed by atoms with Gasteiger partial charge in [-0.3, -0.25) is 23.5 Å². The third kappa shape index (κ3) is 17.6. The number of fused-ring (bicyclic) bond motifs is 1. The van der Waals surface area contributed by atoms with E-state index in [4.69, 9.17) is 9.92 Å². The summed E-state index contributed by atoms with van der Waals surface area (Å²) in [5.41, 5.74) is 5.21. The first-order valence-electron chi connectivity index (χ1n) is 14.3. The first-order chi connectivity index (χ1) is 26.6. The van der Waals surface area contributed by atoms with E-state index in [9.17, 15) is 50.7 Å². The largest absolute Gasteiger partial charge is 1.00 e. The van der Waals surface area contributed by atoms with Crippen LogP contribution in [0.1, 0.15) is 0 Å². The summed E-state index contributed by atoms with van der Waals surface area (Å²) in [7, 11) is -13.5. The molecule has 0 radical (unpaired) electrons. The molecule has 0 fully saturated rings. The molecule has 0 aliphatic rings. The second-order valence-corrected chi connectivity index (χ2v) is 17.4. The fraction of sp³-hybridized carbons (Fsp3) is 0.154. The average Bonchev–Trinajstić information content (AvgIpc) is 3.16. The molecule has 4 rings (SSSR count). The van der Waals surface area contributed by atoms with Crippen molar-refractivity contribution < 1.29 is 205 Å². The van der Waals surface area contributed by atoms with Gasteiger partial charge >= 0.3 is 118 Å². The Morgan fingerprint density at radius 3 is 1.72 bits per heavy atom. The third-order valence-corrected chi connectivity index (χ3v) is 12.3. The number of phenolic OH excluding ortho intramolecular Hbond substituents is 1. The fourth-order valence-electron chi connectivity index (χ4n) is 4.30. The number of phenols is 1. The van der Waals surface area contributed by atoms with Crippen molar-refractivity contribution in [3.05, 3.63) is 60.7 Å². The molecule has 60 heavy (non-hydrogen) atoms. The van der Waals surface area contributed by atoms with Crippen LogP contribution < -0.4 is 140 Å². The van der Waals surface area contributed by atoms with Gasteiger partial charge in [-0.25, -0.2) is 25.3 Å². The maximum absolute atomic E-state index is 12.7. The van der Waals surface area contributed by atoms with Crippen LogP contribution in [0, 0.1) is 0 Å². The number of sulfone groups is 2. The molecule has 0 saturated carbocycles. The van der Waals surface area contributed by atoms with Crippen molar-refractivity contribution in [3.8, 4) is 5.75 Å². The fourth-order valence-corrected chi connectivity index (χ4v) is 8.33. The molecule has 0 amide bonds. The molecule has 4 aromatic rings. The van der Waals surface area contributed by atoms with Gasteiger partial charge in [0.2, 0.25) is 0 Å². The minimum atomic E-state index is -5.40.